The number of rotatable bonds is 6. The summed E-state index contributed by atoms with van der Waals surface area (Å²) >= 11 is 0. The van der Waals surface area contributed by atoms with Gasteiger partial charge in [-0.1, -0.05) is 6.07 Å². The van der Waals surface area contributed by atoms with Crippen molar-refractivity contribution in [3.05, 3.63) is 53.9 Å². The fourth-order valence-electron chi connectivity index (χ4n) is 2.49. The highest BCUT2D eigenvalue weighted by Crippen LogP contribution is 2.25. The monoisotopic (exact) mass is 373 g/mol. The normalized spacial score (nSPS) is 11.3. The van der Waals surface area contributed by atoms with Gasteiger partial charge >= 0.3 is 0 Å². The van der Waals surface area contributed by atoms with E-state index in [1.54, 1.807) is 23.9 Å². The van der Waals surface area contributed by atoms with E-state index in [4.69, 9.17) is 4.74 Å². The molecule has 0 radical (unpaired) electrons. The summed E-state index contributed by atoms with van der Waals surface area (Å²) in [5, 5.41) is 15.0. The van der Waals surface area contributed by atoms with E-state index >= 15 is 0 Å². The van der Waals surface area contributed by atoms with Gasteiger partial charge in [0, 0.05) is 6.26 Å². The molecule has 1 heterocycles. The maximum absolute atomic E-state index is 11.6. The molecule has 1 N–H and O–H groups in total. The molecule has 0 atom stereocenters. The van der Waals surface area contributed by atoms with E-state index in [2.05, 4.69) is 20.8 Å². The Kier molecular flexibility index (Phi) is 4.90. The van der Waals surface area contributed by atoms with Gasteiger partial charge in [0.15, 0.2) is 15.7 Å². The number of nitrogens with one attached hydrogen (secondary N) is 1. The van der Waals surface area contributed by atoms with Crippen LogP contribution in [0.5, 0.6) is 5.75 Å². The van der Waals surface area contributed by atoms with Crippen LogP contribution >= 0.6 is 0 Å². The highest BCUT2D eigenvalue weighted by Gasteiger charge is 2.12. The largest absolute Gasteiger partial charge is 0.495 e. The number of hydrogen-bond acceptors (Lipinski definition) is 7. The quantitative estimate of drug-likeness (QED) is 0.705. The lowest BCUT2D eigenvalue weighted by Gasteiger charge is -2.12. The molecule has 0 aliphatic carbocycles. The molecule has 0 saturated carbocycles. The molecule has 136 valence electrons. The van der Waals surface area contributed by atoms with Gasteiger partial charge in [0.25, 0.3) is 0 Å². The first-order chi connectivity index (χ1) is 12.4. The zero-order valence-corrected chi connectivity index (χ0v) is 15.5. The van der Waals surface area contributed by atoms with Crippen molar-refractivity contribution in [2.24, 2.45) is 0 Å². The summed E-state index contributed by atoms with van der Waals surface area (Å²) in [6.07, 6.45) is 1.17. The maximum atomic E-state index is 11.6. The Balaban J connectivity index is 1.82. The van der Waals surface area contributed by atoms with Crippen LogP contribution in [0.2, 0.25) is 0 Å². The smallest absolute Gasteiger partial charge is 0.175 e. The number of aromatic nitrogens is 4. The molecule has 0 aliphatic rings. The molecule has 0 unspecified atom stereocenters. The van der Waals surface area contributed by atoms with Crippen LogP contribution in [0.15, 0.2) is 47.4 Å². The number of sulfone groups is 1. The van der Waals surface area contributed by atoms with Gasteiger partial charge in [-0.2, -0.15) is 4.68 Å². The predicted molar refractivity (Wildman–Crippen MR) is 97.3 cm³/mol. The van der Waals surface area contributed by atoms with E-state index in [0.717, 1.165) is 17.0 Å². The Labute approximate surface area is 151 Å². The third kappa shape index (κ3) is 3.83. The highest BCUT2D eigenvalue weighted by atomic mass is 32.2. The second-order valence-electron chi connectivity index (χ2n) is 5.83. The molecule has 3 aromatic rings. The van der Waals surface area contributed by atoms with Crippen molar-refractivity contribution >= 4 is 15.5 Å². The molecule has 0 amide bonds. The van der Waals surface area contributed by atoms with E-state index in [1.165, 1.54) is 18.4 Å². The molecule has 26 heavy (non-hydrogen) atoms. The van der Waals surface area contributed by atoms with Crippen LogP contribution in [0.25, 0.3) is 5.69 Å². The SMILES string of the molecule is COc1ccc(C)cc1NCc1nnnn1-c1ccc(S(C)(=O)=O)cc1. The summed E-state index contributed by atoms with van der Waals surface area (Å²) in [6, 6.07) is 12.3. The van der Waals surface area contributed by atoms with Gasteiger partial charge in [-0.15, -0.1) is 5.10 Å². The first-order valence-electron chi connectivity index (χ1n) is 7.85. The summed E-state index contributed by atoms with van der Waals surface area (Å²) in [5.74, 6) is 1.31. The zero-order chi connectivity index (χ0) is 18.7. The third-order valence-electron chi connectivity index (χ3n) is 3.84. The Hall–Kier alpha value is -2.94. The number of ether oxygens (including phenoxy) is 1. The van der Waals surface area contributed by atoms with Crippen molar-refractivity contribution < 1.29 is 13.2 Å². The molecular weight excluding hydrogens is 354 g/mol. The molecule has 2 aromatic carbocycles. The minimum Gasteiger partial charge on any atom is -0.495 e. The average molecular weight is 373 g/mol. The number of tetrazole rings is 1. The Morgan fingerprint density at radius 3 is 2.54 bits per heavy atom. The Morgan fingerprint density at radius 2 is 1.88 bits per heavy atom. The van der Waals surface area contributed by atoms with Crippen LogP contribution in [0, 0.1) is 6.92 Å². The minimum absolute atomic E-state index is 0.249. The molecule has 0 spiro atoms. The molecule has 1 aromatic heterocycles. The van der Waals surface area contributed by atoms with E-state index in [0.29, 0.717) is 18.1 Å². The lowest BCUT2D eigenvalue weighted by atomic mass is 10.2. The van der Waals surface area contributed by atoms with Crippen LogP contribution in [-0.4, -0.2) is 42.0 Å². The second-order valence-corrected chi connectivity index (χ2v) is 7.85. The maximum Gasteiger partial charge on any atom is 0.175 e. The van der Waals surface area contributed by atoms with Gasteiger partial charge in [-0.3, -0.25) is 0 Å². The van der Waals surface area contributed by atoms with Gasteiger partial charge in [0.2, 0.25) is 0 Å². The summed E-state index contributed by atoms with van der Waals surface area (Å²) in [7, 11) is -1.63. The van der Waals surface area contributed by atoms with Crippen LogP contribution in [0.1, 0.15) is 11.4 Å². The highest BCUT2D eigenvalue weighted by molar-refractivity contribution is 7.90. The first-order valence-corrected chi connectivity index (χ1v) is 9.74. The number of anilines is 1. The van der Waals surface area contributed by atoms with Crippen molar-refractivity contribution in [2.45, 2.75) is 18.4 Å². The standard InChI is InChI=1S/C17H19N5O3S/c1-12-4-9-16(25-2)15(10-12)18-11-17-19-20-21-22(17)13-5-7-14(8-6-13)26(3,23)24/h4-10,18H,11H2,1-3H3. The molecule has 0 fully saturated rings. The second kappa shape index (κ2) is 7.12. The Bertz CT molecular complexity index is 1010. The topological polar surface area (TPSA) is 99.0 Å². The minimum atomic E-state index is -3.24. The van der Waals surface area contributed by atoms with Gasteiger partial charge in [0.05, 0.1) is 29.9 Å². The van der Waals surface area contributed by atoms with E-state index in [9.17, 15) is 8.42 Å². The lowest BCUT2D eigenvalue weighted by molar-refractivity contribution is 0.416. The lowest BCUT2D eigenvalue weighted by Crippen LogP contribution is -2.09. The fourth-order valence-corrected chi connectivity index (χ4v) is 3.12. The van der Waals surface area contributed by atoms with Crippen molar-refractivity contribution in [2.75, 3.05) is 18.7 Å². The summed E-state index contributed by atoms with van der Waals surface area (Å²) in [6.45, 7) is 2.37. The molecular formula is C17H19N5O3S. The average Bonchev–Trinajstić information content (AvgIpc) is 3.08. The van der Waals surface area contributed by atoms with Gasteiger partial charge in [-0.25, -0.2) is 8.42 Å². The van der Waals surface area contributed by atoms with E-state index in [1.807, 2.05) is 25.1 Å². The van der Waals surface area contributed by atoms with Crippen molar-refractivity contribution in [3.63, 3.8) is 0 Å². The van der Waals surface area contributed by atoms with Gasteiger partial charge in [0.1, 0.15) is 5.75 Å². The van der Waals surface area contributed by atoms with Gasteiger partial charge < -0.3 is 10.1 Å². The molecule has 0 saturated heterocycles. The summed E-state index contributed by atoms with van der Waals surface area (Å²) < 4.78 is 30.1. The molecule has 0 bridgehead atoms. The number of aryl methyl sites for hydroxylation is 1. The number of benzene rings is 2. The number of methoxy groups -OCH3 is 1. The summed E-state index contributed by atoms with van der Waals surface area (Å²) in [5.41, 5.74) is 2.62. The predicted octanol–water partition coefficient (Wildman–Crippen LogP) is 1.99. The van der Waals surface area contributed by atoms with Crippen molar-refractivity contribution in [1.82, 2.24) is 20.2 Å². The van der Waals surface area contributed by atoms with Crippen molar-refractivity contribution in [1.29, 1.82) is 0 Å². The number of hydrogen-bond donors (Lipinski definition) is 1. The molecule has 0 aliphatic heterocycles. The van der Waals surface area contributed by atoms with Crippen LogP contribution in [0.3, 0.4) is 0 Å². The summed E-state index contributed by atoms with van der Waals surface area (Å²) in [4.78, 5) is 0.249. The zero-order valence-electron chi connectivity index (χ0n) is 14.7. The first kappa shape index (κ1) is 17.9. The van der Waals surface area contributed by atoms with Crippen LogP contribution < -0.4 is 10.1 Å². The van der Waals surface area contributed by atoms with E-state index < -0.39 is 9.84 Å². The molecule has 9 heteroatoms. The third-order valence-corrected chi connectivity index (χ3v) is 4.96. The molecule has 8 nitrogen and oxygen atoms in total. The van der Waals surface area contributed by atoms with Gasteiger partial charge in [-0.05, 0) is 59.3 Å². The Morgan fingerprint density at radius 1 is 1.15 bits per heavy atom. The van der Waals surface area contributed by atoms with E-state index in [-0.39, 0.29) is 4.90 Å². The van der Waals surface area contributed by atoms with Crippen LogP contribution in [0.4, 0.5) is 5.69 Å². The van der Waals surface area contributed by atoms with Crippen molar-refractivity contribution in [3.8, 4) is 11.4 Å². The number of nitrogens with zero attached hydrogens (tertiary/aromatic N) is 4. The molecule has 3 rings (SSSR count). The fraction of sp³-hybridized carbons (Fsp3) is 0.235. The van der Waals surface area contributed by atoms with Crippen LogP contribution in [-0.2, 0) is 16.4 Å².